The first-order valence-electron chi connectivity index (χ1n) is 6.41. The van der Waals surface area contributed by atoms with Gasteiger partial charge < -0.3 is 5.73 Å². The van der Waals surface area contributed by atoms with E-state index in [2.05, 4.69) is 0 Å². The number of aryl methyl sites for hydroxylation is 1. The Labute approximate surface area is 131 Å². The molecule has 1 heterocycles. The number of hydrogen-bond acceptors (Lipinski definition) is 3. The molecule has 0 radical (unpaired) electrons. The van der Waals surface area contributed by atoms with Crippen LogP contribution in [0.1, 0.15) is 18.4 Å². The Morgan fingerprint density at radius 1 is 1.35 bits per heavy atom. The van der Waals surface area contributed by atoms with Gasteiger partial charge in [-0.1, -0.05) is 17.7 Å². The van der Waals surface area contributed by atoms with Crippen molar-refractivity contribution in [1.29, 1.82) is 0 Å². The zero-order chi connectivity index (χ0) is 14.0. The van der Waals surface area contributed by atoms with Gasteiger partial charge in [0.25, 0.3) is 0 Å². The van der Waals surface area contributed by atoms with Crippen molar-refractivity contribution in [3.63, 3.8) is 0 Å². The van der Waals surface area contributed by atoms with E-state index in [1.54, 1.807) is 19.1 Å². The average molecular weight is 339 g/mol. The van der Waals surface area contributed by atoms with Gasteiger partial charge in [0.1, 0.15) is 0 Å². The molecule has 7 heteroatoms. The summed E-state index contributed by atoms with van der Waals surface area (Å²) >= 11 is 5.91. The van der Waals surface area contributed by atoms with Crippen LogP contribution in [-0.4, -0.2) is 32.4 Å². The Kier molecular flexibility index (Phi) is 6.28. The van der Waals surface area contributed by atoms with E-state index in [1.165, 1.54) is 10.4 Å². The molecule has 0 saturated carbocycles. The molecular weight excluding hydrogens is 319 g/mol. The van der Waals surface area contributed by atoms with Gasteiger partial charge >= 0.3 is 0 Å². The summed E-state index contributed by atoms with van der Waals surface area (Å²) in [5.74, 6) is 0.437. The van der Waals surface area contributed by atoms with Crippen LogP contribution < -0.4 is 5.73 Å². The molecule has 0 atom stereocenters. The molecule has 1 aliphatic heterocycles. The third-order valence-electron chi connectivity index (χ3n) is 3.67. The molecule has 20 heavy (non-hydrogen) atoms. The van der Waals surface area contributed by atoms with Crippen molar-refractivity contribution in [3.05, 3.63) is 28.8 Å². The molecule has 1 aromatic carbocycles. The van der Waals surface area contributed by atoms with E-state index >= 15 is 0 Å². The van der Waals surface area contributed by atoms with Crippen molar-refractivity contribution in [2.75, 3.05) is 19.6 Å². The Morgan fingerprint density at radius 3 is 2.50 bits per heavy atom. The highest BCUT2D eigenvalue weighted by Gasteiger charge is 2.30. The summed E-state index contributed by atoms with van der Waals surface area (Å²) in [6, 6.07) is 4.97. The zero-order valence-corrected chi connectivity index (χ0v) is 13.8. The quantitative estimate of drug-likeness (QED) is 0.920. The smallest absolute Gasteiger partial charge is 0.243 e. The maximum Gasteiger partial charge on any atom is 0.243 e. The lowest BCUT2D eigenvalue weighted by molar-refractivity contribution is 0.278. The van der Waals surface area contributed by atoms with Crippen LogP contribution >= 0.6 is 24.0 Å². The SMILES string of the molecule is Cc1ccc(Cl)cc1S(=O)(=O)N1CCC(CN)CC1.Cl. The molecule has 1 aliphatic rings. The number of piperidine rings is 1. The van der Waals surface area contributed by atoms with E-state index in [-0.39, 0.29) is 12.4 Å². The molecule has 0 amide bonds. The summed E-state index contributed by atoms with van der Waals surface area (Å²) in [5, 5.41) is 0.445. The highest BCUT2D eigenvalue weighted by molar-refractivity contribution is 7.89. The third kappa shape index (κ3) is 3.65. The first-order chi connectivity index (χ1) is 8.95. The van der Waals surface area contributed by atoms with E-state index in [0.29, 0.717) is 35.5 Å². The Balaban J connectivity index is 0.00000200. The van der Waals surface area contributed by atoms with Gasteiger partial charge in [0.05, 0.1) is 4.90 Å². The Bertz CT molecular complexity index is 555. The molecule has 0 bridgehead atoms. The lowest BCUT2D eigenvalue weighted by Crippen LogP contribution is -2.40. The fourth-order valence-electron chi connectivity index (χ4n) is 2.38. The number of rotatable bonds is 3. The summed E-state index contributed by atoms with van der Waals surface area (Å²) in [5.41, 5.74) is 6.35. The van der Waals surface area contributed by atoms with E-state index in [0.717, 1.165) is 18.4 Å². The van der Waals surface area contributed by atoms with Crippen LogP contribution in [0.25, 0.3) is 0 Å². The number of nitrogens with zero attached hydrogens (tertiary/aromatic N) is 1. The monoisotopic (exact) mass is 338 g/mol. The van der Waals surface area contributed by atoms with Gasteiger partial charge in [0.2, 0.25) is 10.0 Å². The highest BCUT2D eigenvalue weighted by Crippen LogP contribution is 2.27. The number of hydrogen-bond donors (Lipinski definition) is 1. The summed E-state index contributed by atoms with van der Waals surface area (Å²) in [4.78, 5) is 0.311. The topological polar surface area (TPSA) is 63.4 Å². The molecule has 1 aromatic rings. The minimum atomic E-state index is -3.44. The van der Waals surface area contributed by atoms with Crippen molar-refractivity contribution in [3.8, 4) is 0 Å². The van der Waals surface area contributed by atoms with Crippen molar-refractivity contribution >= 4 is 34.0 Å². The maximum absolute atomic E-state index is 12.6. The van der Waals surface area contributed by atoms with Crippen molar-refractivity contribution < 1.29 is 8.42 Å². The normalized spacial score (nSPS) is 17.8. The lowest BCUT2D eigenvalue weighted by atomic mass is 9.99. The Morgan fingerprint density at radius 2 is 1.95 bits per heavy atom. The average Bonchev–Trinajstić information content (AvgIpc) is 2.41. The van der Waals surface area contributed by atoms with Crippen LogP contribution in [0, 0.1) is 12.8 Å². The second-order valence-corrected chi connectivity index (χ2v) is 7.34. The van der Waals surface area contributed by atoms with Gasteiger partial charge in [0.15, 0.2) is 0 Å². The molecule has 4 nitrogen and oxygen atoms in total. The van der Waals surface area contributed by atoms with Crippen molar-refractivity contribution in [1.82, 2.24) is 4.31 Å². The van der Waals surface area contributed by atoms with E-state index in [4.69, 9.17) is 17.3 Å². The molecule has 1 saturated heterocycles. The fourth-order valence-corrected chi connectivity index (χ4v) is 4.33. The number of benzene rings is 1. The van der Waals surface area contributed by atoms with Crippen molar-refractivity contribution in [2.24, 2.45) is 11.7 Å². The summed E-state index contributed by atoms with van der Waals surface area (Å²) < 4.78 is 26.7. The summed E-state index contributed by atoms with van der Waals surface area (Å²) in [7, 11) is -3.44. The predicted molar refractivity (Wildman–Crippen MR) is 84.0 cm³/mol. The largest absolute Gasteiger partial charge is 0.330 e. The molecular formula is C13H20Cl2N2O2S. The molecule has 0 unspecified atom stereocenters. The Hall–Kier alpha value is -0.330. The van der Waals surface area contributed by atoms with Crippen LogP contribution in [0.15, 0.2) is 23.1 Å². The van der Waals surface area contributed by atoms with Crippen molar-refractivity contribution in [2.45, 2.75) is 24.7 Å². The van der Waals surface area contributed by atoms with Crippen LogP contribution in [0.2, 0.25) is 5.02 Å². The third-order valence-corrected chi connectivity index (χ3v) is 5.95. The molecule has 0 spiro atoms. The second kappa shape index (κ2) is 7.09. The lowest BCUT2D eigenvalue weighted by Gasteiger charge is -2.31. The van der Waals surface area contributed by atoms with E-state index in [1.807, 2.05) is 0 Å². The minimum absolute atomic E-state index is 0. The van der Waals surface area contributed by atoms with Gasteiger partial charge in [0, 0.05) is 18.1 Å². The zero-order valence-electron chi connectivity index (χ0n) is 11.4. The van der Waals surface area contributed by atoms with Crippen LogP contribution in [0.4, 0.5) is 0 Å². The summed E-state index contributed by atoms with van der Waals surface area (Å²) in [6.07, 6.45) is 1.66. The molecule has 2 rings (SSSR count). The molecule has 114 valence electrons. The fraction of sp³-hybridized carbons (Fsp3) is 0.538. The summed E-state index contributed by atoms with van der Waals surface area (Å²) in [6.45, 7) is 3.49. The van der Waals surface area contributed by atoms with Gasteiger partial charge in [-0.15, -0.1) is 12.4 Å². The van der Waals surface area contributed by atoms with Gasteiger partial charge in [-0.25, -0.2) is 8.42 Å². The first-order valence-corrected chi connectivity index (χ1v) is 8.23. The second-order valence-electron chi connectivity index (χ2n) is 4.99. The predicted octanol–water partition coefficient (Wildman–Crippen LogP) is 2.43. The van der Waals surface area contributed by atoms with Crippen LogP contribution in [0.3, 0.4) is 0 Å². The maximum atomic E-state index is 12.6. The number of halogens is 2. The first kappa shape index (κ1) is 17.7. The number of nitrogens with two attached hydrogens (primary N) is 1. The van der Waals surface area contributed by atoms with Gasteiger partial charge in [-0.3, -0.25) is 0 Å². The minimum Gasteiger partial charge on any atom is -0.330 e. The van der Waals surface area contributed by atoms with E-state index < -0.39 is 10.0 Å². The van der Waals surface area contributed by atoms with Gasteiger partial charge in [-0.05, 0) is 49.9 Å². The van der Waals surface area contributed by atoms with Crippen LogP contribution in [0.5, 0.6) is 0 Å². The highest BCUT2D eigenvalue weighted by atomic mass is 35.5. The molecule has 1 fully saturated rings. The molecule has 2 N–H and O–H groups in total. The van der Waals surface area contributed by atoms with E-state index in [9.17, 15) is 8.42 Å². The molecule has 0 aliphatic carbocycles. The number of sulfonamides is 1. The van der Waals surface area contributed by atoms with Crippen LogP contribution in [-0.2, 0) is 10.0 Å². The molecule has 0 aromatic heterocycles. The van der Waals surface area contributed by atoms with Gasteiger partial charge in [-0.2, -0.15) is 4.31 Å². The standard InChI is InChI=1S/C13H19ClN2O2S.ClH/c1-10-2-3-12(14)8-13(10)19(17,18)16-6-4-11(9-15)5-7-16;/h2-3,8,11H,4-7,9,15H2,1H3;1H.